The van der Waals surface area contributed by atoms with E-state index in [-0.39, 0.29) is 0 Å². The van der Waals surface area contributed by atoms with Crippen LogP contribution in [0.2, 0.25) is 5.02 Å². The molecular weight excluding hydrogens is 248 g/mol. The highest BCUT2D eigenvalue weighted by Crippen LogP contribution is 2.24. The molecule has 0 atom stereocenters. The van der Waals surface area contributed by atoms with Crippen LogP contribution in [0, 0.1) is 0 Å². The lowest BCUT2D eigenvalue weighted by atomic mass is 10.1. The van der Waals surface area contributed by atoms with E-state index in [2.05, 4.69) is 30.3 Å². The van der Waals surface area contributed by atoms with Gasteiger partial charge in [0.25, 0.3) is 0 Å². The van der Waals surface area contributed by atoms with Gasteiger partial charge in [0, 0.05) is 44.5 Å². The predicted molar refractivity (Wildman–Crippen MR) is 78.6 cm³/mol. The second kappa shape index (κ2) is 8.35. The van der Waals surface area contributed by atoms with Crippen molar-refractivity contribution in [3.63, 3.8) is 0 Å². The Morgan fingerprint density at radius 3 is 2.83 bits per heavy atom. The largest absolute Gasteiger partial charge is 0.383 e. The number of nitrogens with one attached hydrogen (secondary N) is 1. The number of benzene rings is 1. The van der Waals surface area contributed by atoms with Gasteiger partial charge in [-0.15, -0.1) is 0 Å². The van der Waals surface area contributed by atoms with E-state index in [1.165, 1.54) is 11.3 Å². The second-order valence-electron chi connectivity index (χ2n) is 4.36. The van der Waals surface area contributed by atoms with E-state index < -0.39 is 0 Å². The van der Waals surface area contributed by atoms with Crippen molar-refractivity contribution in [2.45, 2.75) is 19.9 Å². The summed E-state index contributed by atoms with van der Waals surface area (Å²) in [4.78, 5) is 2.25. The second-order valence-corrected chi connectivity index (χ2v) is 4.80. The van der Waals surface area contributed by atoms with Crippen LogP contribution < -0.4 is 10.2 Å². The molecule has 0 unspecified atom stereocenters. The number of halogens is 1. The van der Waals surface area contributed by atoms with Gasteiger partial charge in [-0.2, -0.15) is 0 Å². The number of hydrogen-bond acceptors (Lipinski definition) is 3. The molecule has 1 rings (SSSR count). The molecule has 0 aromatic heterocycles. The van der Waals surface area contributed by atoms with Gasteiger partial charge >= 0.3 is 0 Å². The lowest BCUT2D eigenvalue weighted by molar-refractivity contribution is 0.199. The molecule has 0 fully saturated rings. The maximum atomic E-state index is 6.08. The van der Waals surface area contributed by atoms with Crippen molar-refractivity contribution >= 4 is 17.3 Å². The van der Waals surface area contributed by atoms with E-state index in [1.54, 1.807) is 7.11 Å². The molecular formula is C14H23ClN2O. The van der Waals surface area contributed by atoms with E-state index in [4.69, 9.17) is 16.3 Å². The fourth-order valence-electron chi connectivity index (χ4n) is 1.89. The molecule has 0 saturated heterocycles. The Bertz CT molecular complexity index is 358. The van der Waals surface area contributed by atoms with E-state index >= 15 is 0 Å². The SMILES string of the molecule is CCCN(C)c1cc(Cl)ccc1CNCCOC. The number of anilines is 1. The Balaban J connectivity index is 2.70. The summed E-state index contributed by atoms with van der Waals surface area (Å²) in [6, 6.07) is 6.06. The summed E-state index contributed by atoms with van der Waals surface area (Å²) >= 11 is 6.08. The highest BCUT2D eigenvalue weighted by Gasteiger charge is 2.07. The molecule has 0 heterocycles. The molecule has 0 radical (unpaired) electrons. The zero-order chi connectivity index (χ0) is 13.4. The van der Waals surface area contributed by atoms with Crippen LogP contribution in [-0.4, -0.2) is 33.9 Å². The molecule has 1 aromatic carbocycles. The summed E-state index contributed by atoms with van der Waals surface area (Å²) < 4.78 is 5.02. The number of methoxy groups -OCH3 is 1. The zero-order valence-electron chi connectivity index (χ0n) is 11.5. The molecule has 102 valence electrons. The lowest BCUT2D eigenvalue weighted by Gasteiger charge is -2.22. The summed E-state index contributed by atoms with van der Waals surface area (Å²) in [5.41, 5.74) is 2.47. The minimum atomic E-state index is 0.730. The van der Waals surface area contributed by atoms with Gasteiger partial charge in [-0.05, 0) is 24.1 Å². The molecule has 0 bridgehead atoms. The first kappa shape index (κ1) is 15.3. The first-order valence-corrected chi connectivity index (χ1v) is 6.76. The van der Waals surface area contributed by atoms with Crippen LogP contribution in [0.4, 0.5) is 5.69 Å². The smallest absolute Gasteiger partial charge is 0.0587 e. The third-order valence-electron chi connectivity index (χ3n) is 2.82. The van der Waals surface area contributed by atoms with Crippen molar-refractivity contribution in [1.29, 1.82) is 0 Å². The summed E-state index contributed by atoms with van der Waals surface area (Å²) in [5, 5.41) is 4.15. The Kier molecular flexibility index (Phi) is 7.09. The standard InChI is InChI=1S/C14H23ClN2O/c1-4-8-17(2)14-10-13(15)6-5-12(14)11-16-7-9-18-3/h5-6,10,16H,4,7-9,11H2,1-3H3. The maximum absolute atomic E-state index is 6.08. The van der Waals surface area contributed by atoms with Crippen LogP contribution in [0.5, 0.6) is 0 Å². The van der Waals surface area contributed by atoms with Crippen molar-refractivity contribution in [3.05, 3.63) is 28.8 Å². The van der Waals surface area contributed by atoms with Crippen molar-refractivity contribution in [1.82, 2.24) is 5.32 Å². The van der Waals surface area contributed by atoms with Crippen LogP contribution in [0.1, 0.15) is 18.9 Å². The predicted octanol–water partition coefficient (Wildman–Crippen LogP) is 2.92. The molecule has 0 amide bonds. The fourth-order valence-corrected chi connectivity index (χ4v) is 2.06. The highest BCUT2D eigenvalue weighted by molar-refractivity contribution is 6.30. The van der Waals surface area contributed by atoms with Crippen molar-refractivity contribution < 1.29 is 4.74 Å². The van der Waals surface area contributed by atoms with Gasteiger partial charge in [-0.3, -0.25) is 0 Å². The zero-order valence-corrected chi connectivity index (χ0v) is 12.3. The molecule has 0 spiro atoms. The molecule has 0 saturated carbocycles. The Labute approximate surface area is 115 Å². The number of hydrogen-bond donors (Lipinski definition) is 1. The Hall–Kier alpha value is -0.770. The molecule has 1 N–H and O–H groups in total. The fraction of sp³-hybridized carbons (Fsp3) is 0.571. The Morgan fingerprint density at radius 1 is 1.39 bits per heavy atom. The first-order valence-electron chi connectivity index (χ1n) is 6.38. The summed E-state index contributed by atoms with van der Waals surface area (Å²) in [6.07, 6.45) is 1.12. The molecule has 0 aliphatic carbocycles. The van der Waals surface area contributed by atoms with Gasteiger partial charge < -0.3 is 15.0 Å². The van der Waals surface area contributed by atoms with Crippen LogP contribution >= 0.6 is 11.6 Å². The van der Waals surface area contributed by atoms with Crippen molar-refractivity contribution in [2.75, 3.05) is 38.8 Å². The van der Waals surface area contributed by atoms with Crippen LogP contribution in [0.25, 0.3) is 0 Å². The van der Waals surface area contributed by atoms with Crippen molar-refractivity contribution in [3.8, 4) is 0 Å². The molecule has 0 aliphatic rings. The highest BCUT2D eigenvalue weighted by atomic mass is 35.5. The molecule has 4 heteroatoms. The van der Waals surface area contributed by atoms with E-state index in [9.17, 15) is 0 Å². The van der Waals surface area contributed by atoms with E-state index in [0.717, 1.165) is 37.7 Å². The van der Waals surface area contributed by atoms with Gasteiger partial charge in [0.1, 0.15) is 0 Å². The minimum absolute atomic E-state index is 0.730. The molecule has 18 heavy (non-hydrogen) atoms. The molecule has 0 aliphatic heterocycles. The first-order chi connectivity index (χ1) is 8.69. The topological polar surface area (TPSA) is 24.5 Å². The van der Waals surface area contributed by atoms with E-state index in [1.807, 2.05) is 12.1 Å². The summed E-state index contributed by atoms with van der Waals surface area (Å²) in [6.45, 7) is 5.64. The van der Waals surface area contributed by atoms with Crippen LogP contribution in [0.15, 0.2) is 18.2 Å². The normalized spacial score (nSPS) is 10.7. The third-order valence-corrected chi connectivity index (χ3v) is 3.05. The van der Waals surface area contributed by atoms with Crippen LogP contribution in [-0.2, 0) is 11.3 Å². The molecule has 3 nitrogen and oxygen atoms in total. The Morgan fingerprint density at radius 2 is 2.17 bits per heavy atom. The molecule has 1 aromatic rings. The van der Waals surface area contributed by atoms with E-state index in [0.29, 0.717) is 0 Å². The van der Waals surface area contributed by atoms with Crippen LogP contribution in [0.3, 0.4) is 0 Å². The third kappa shape index (κ3) is 4.84. The summed E-state index contributed by atoms with van der Waals surface area (Å²) in [7, 11) is 3.82. The minimum Gasteiger partial charge on any atom is -0.383 e. The van der Waals surface area contributed by atoms with Gasteiger partial charge in [0.05, 0.1) is 6.61 Å². The van der Waals surface area contributed by atoms with Gasteiger partial charge in [-0.1, -0.05) is 24.6 Å². The number of ether oxygens (including phenoxy) is 1. The number of nitrogens with zero attached hydrogens (tertiary/aromatic N) is 1. The monoisotopic (exact) mass is 270 g/mol. The quantitative estimate of drug-likeness (QED) is 0.735. The van der Waals surface area contributed by atoms with Gasteiger partial charge in [0.15, 0.2) is 0 Å². The average Bonchev–Trinajstić information content (AvgIpc) is 2.36. The van der Waals surface area contributed by atoms with Gasteiger partial charge in [0.2, 0.25) is 0 Å². The average molecular weight is 271 g/mol. The van der Waals surface area contributed by atoms with Crippen molar-refractivity contribution in [2.24, 2.45) is 0 Å². The maximum Gasteiger partial charge on any atom is 0.0587 e. The number of rotatable bonds is 8. The van der Waals surface area contributed by atoms with Gasteiger partial charge in [-0.25, -0.2) is 0 Å². The lowest BCUT2D eigenvalue weighted by Crippen LogP contribution is -2.23. The summed E-state index contributed by atoms with van der Waals surface area (Å²) in [5.74, 6) is 0.